The molecule has 0 saturated carbocycles. The lowest BCUT2D eigenvalue weighted by atomic mass is 10.1. The van der Waals surface area contributed by atoms with Crippen LogP contribution in [0.1, 0.15) is 0 Å². The number of aromatic amines is 2. The number of fused-ring (bicyclic) bond motifs is 20. The van der Waals surface area contributed by atoms with Crippen molar-refractivity contribution >= 4 is 91.2 Å². The Morgan fingerprint density at radius 2 is 0.529 bits per heavy atom. The Hall–Kier alpha value is -7.48. The van der Waals surface area contributed by atoms with Crippen molar-refractivity contribution in [2.24, 2.45) is 0 Å². The van der Waals surface area contributed by atoms with Gasteiger partial charge in [0.25, 0.3) is 0 Å². The maximum Gasteiger partial charge on any atom is 0.164 e. The van der Waals surface area contributed by atoms with Gasteiger partial charge in [-0.25, -0.2) is 29.9 Å². The summed E-state index contributed by atoms with van der Waals surface area (Å²) in [6, 6.07) is 67.3. The number of hydrogen-bond donors (Lipinski definition) is 2. The zero-order chi connectivity index (χ0) is 45.0. The van der Waals surface area contributed by atoms with E-state index in [0.717, 1.165) is 83.0 Å². The van der Waals surface area contributed by atoms with Crippen LogP contribution < -0.4 is 0 Å². The van der Waals surface area contributed by atoms with Crippen molar-refractivity contribution in [2.45, 2.75) is 39.2 Å². The standard InChI is InChI=1S/C56H34N8S4/c1-5-13-33(14-6-1)65-37-21-25-41-45(29-37)53-59-49(41)57-50-43-27-23-39(67-35-17-9-3-10-18-35)31-47(43)55(61-50)64-56-48-32-40(68-36-19-11-4-12-20-36)24-28-44(48)52(62-56)58-51-42-26-22-38(30-46(42)54(60-51)63-53)66-34-15-7-2-8-16-34/h1-32H,(H2,57,58,59,60,61,62,63,64). The van der Waals surface area contributed by atoms with E-state index in [1.807, 2.05) is 24.3 Å². The van der Waals surface area contributed by atoms with Gasteiger partial charge < -0.3 is 9.97 Å². The maximum absolute atomic E-state index is 5.39. The van der Waals surface area contributed by atoms with Crippen LogP contribution in [0.25, 0.3) is 89.7 Å². The van der Waals surface area contributed by atoms with Gasteiger partial charge in [-0.15, -0.1) is 0 Å². The first-order valence-corrected chi connectivity index (χ1v) is 25.2. The SMILES string of the molecule is c1ccc(Sc2ccc3c(c2)-c2nc-3nc3[nH]c(nc4nc(nc5[nH]c(n2)c2cc(Sc6ccccc6)ccc52)-c2ccc(Sc5ccccc5)cc2-4)c2cc(Sc4ccccc4)ccc32)cc1. The van der Waals surface area contributed by atoms with Crippen LogP contribution in [0.2, 0.25) is 0 Å². The molecule has 0 saturated heterocycles. The number of benzene rings is 8. The third-order valence-corrected chi connectivity index (χ3v) is 15.6. The molecule has 12 heteroatoms. The van der Waals surface area contributed by atoms with Crippen molar-refractivity contribution in [2.75, 3.05) is 0 Å². The average Bonchev–Trinajstić information content (AvgIpc) is 4.10. The van der Waals surface area contributed by atoms with Gasteiger partial charge in [-0.05, 0) is 121 Å². The summed E-state index contributed by atoms with van der Waals surface area (Å²) in [6.07, 6.45) is 0. The fourth-order valence-electron chi connectivity index (χ4n) is 8.46. The minimum atomic E-state index is 0.558. The first-order chi connectivity index (χ1) is 33.6. The van der Waals surface area contributed by atoms with Gasteiger partial charge in [-0.2, -0.15) is 0 Å². The fraction of sp³-hybridized carbons (Fsp3) is 0. The Labute approximate surface area is 407 Å². The van der Waals surface area contributed by atoms with Crippen molar-refractivity contribution in [3.63, 3.8) is 0 Å². The topological polar surface area (TPSA) is 109 Å². The van der Waals surface area contributed by atoms with Crippen LogP contribution in [-0.2, 0) is 0 Å². The van der Waals surface area contributed by atoms with E-state index >= 15 is 0 Å². The van der Waals surface area contributed by atoms with Gasteiger partial charge in [0, 0.05) is 83.0 Å². The third-order valence-electron chi connectivity index (χ3n) is 11.6. The zero-order valence-electron chi connectivity index (χ0n) is 35.8. The summed E-state index contributed by atoms with van der Waals surface area (Å²) in [5, 5.41) is 3.68. The molecule has 0 atom stereocenters. The van der Waals surface area contributed by atoms with E-state index in [2.05, 4.69) is 180 Å². The molecule has 3 aromatic heterocycles. The molecule has 0 radical (unpaired) electrons. The van der Waals surface area contributed by atoms with E-state index in [1.165, 1.54) is 0 Å². The number of rotatable bonds is 8. The molecule has 8 bridgehead atoms. The summed E-state index contributed by atoms with van der Waals surface area (Å²) in [5.74, 6) is 2.23. The fourth-order valence-corrected chi connectivity index (χ4v) is 12.0. The number of nitrogens with zero attached hydrogens (tertiary/aromatic N) is 6. The molecule has 13 rings (SSSR count). The van der Waals surface area contributed by atoms with Crippen LogP contribution in [0.15, 0.2) is 233 Å². The molecule has 8 nitrogen and oxygen atoms in total. The van der Waals surface area contributed by atoms with Crippen LogP contribution in [0.4, 0.5) is 0 Å². The summed E-state index contributed by atoms with van der Waals surface area (Å²) in [4.78, 5) is 48.1. The predicted octanol–water partition coefficient (Wildman–Crippen LogP) is 15.5. The second kappa shape index (κ2) is 17.3. The first-order valence-electron chi connectivity index (χ1n) is 21.9. The minimum absolute atomic E-state index is 0.558. The number of aromatic nitrogens is 8. The maximum atomic E-state index is 5.39. The molecule has 8 aromatic carbocycles. The predicted molar refractivity (Wildman–Crippen MR) is 278 cm³/mol. The second-order valence-corrected chi connectivity index (χ2v) is 20.7. The van der Waals surface area contributed by atoms with Gasteiger partial charge >= 0.3 is 0 Å². The van der Waals surface area contributed by atoms with Crippen molar-refractivity contribution in [1.82, 2.24) is 39.9 Å². The number of H-pyrrole nitrogens is 2. The molecule has 5 heterocycles. The first kappa shape index (κ1) is 40.8. The normalized spacial score (nSPS) is 11.8. The molecule has 68 heavy (non-hydrogen) atoms. The smallest absolute Gasteiger partial charge is 0.164 e. The van der Waals surface area contributed by atoms with Crippen molar-refractivity contribution < 1.29 is 0 Å². The van der Waals surface area contributed by atoms with E-state index in [4.69, 9.17) is 29.9 Å². The molecule has 0 aliphatic carbocycles. The monoisotopic (exact) mass is 946 g/mol. The highest BCUT2D eigenvalue weighted by atomic mass is 32.2. The van der Waals surface area contributed by atoms with Gasteiger partial charge in [0.05, 0.1) is 0 Å². The third kappa shape index (κ3) is 7.90. The largest absolute Gasteiger partial charge is 0.324 e. The lowest BCUT2D eigenvalue weighted by Gasteiger charge is -2.05. The van der Waals surface area contributed by atoms with Gasteiger partial charge in [0.15, 0.2) is 23.3 Å². The van der Waals surface area contributed by atoms with Gasteiger partial charge in [-0.1, -0.05) is 120 Å². The molecular formula is C56H34N8S4. The highest BCUT2D eigenvalue weighted by Gasteiger charge is 2.24. The van der Waals surface area contributed by atoms with Crippen molar-refractivity contribution in [3.8, 4) is 45.6 Å². The van der Waals surface area contributed by atoms with Crippen LogP contribution in [0, 0.1) is 0 Å². The van der Waals surface area contributed by atoms with E-state index in [9.17, 15) is 0 Å². The molecule has 322 valence electrons. The van der Waals surface area contributed by atoms with Crippen molar-refractivity contribution in [3.05, 3.63) is 194 Å². The molecule has 2 aliphatic heterocycles. The van der Waals surface area contributed by atoms with Gasteiger partial charge in [0.1, 0.15) is 22.6 Å². The quantitative estimate of drug-likeness (QED) is 0.153. The van der Waals surface area contributed by atoms with Crippen LogP contribution >= 0.6 is 47.0 Å². The highest BCUT2D eigenvalue weighted by Crippen LogP contribution is 2.42. The van der Waals surface area contributed by atoms with E-state index in [0.29, 0.717) is 45.9 Å². The Balaban J connectivity index is 1.08. The van der Waals surface area contributed by atoms with Gasteiger partial charge in [0.2, 0.25) is 0 Å². The minimum Gasteiger partial charge on any atom is -0.324 e. The van der Waals surface area contributed by atoms with Crippen LogP contribution in [0.3, 0.4) is 0 Å². The molecule has 0 spiro atoms. The lowest BCUT2D eigenvalue weighted by molar-refractivity contribution is 1.19. The number of nitrogens with one attached hydrogen (secondary N) is 2. The van der Waals surface area contributed by atoms with Crippen LogP contribution in [0.5, 0.6) is 0 Å². The summed E-state index contributed by atoms with van der Waals surface area (Å²) in [6.45, 7) is 0. The van der Waals surface area contributed by atoms with Crippen molar-refractivity contribution in [1.29, 1.82) is 0 Å². The molecule has 2 N–H and O–H groups in total. The van der Waals surface area contributed by atoms with Gasteiger partial charge in [-0.3, -0.25) is 0 Å². The molecule has 0 unspecified atom stereocenters. The summed E-state index contributed by atoms with van der Waals surface area (Å²) in [5.41, 5.74) is 6.15. The van der Waals surface area contributed by atoms with Crippen LogP contribution in [-0.4, -0.2) is 39.9 Å². The Bertz CT molecular complexity index is 3660. The lowest BCUT2D eigenvalue weighted by Crippen LogP contribution is -1.84. The Morgan fingerprint density at radius 1 is 0.235 bits per heavy atom. The second-order valence-electron chi connectivity index (χ2n) is 16.1. The molecule has 11 aromatic rings. The molecule has 0 amide bonds. The Morgan fingerprint density at radius 3 is 0.882 bits per heavy atom. The number of hydrogen-bond acceptors (Lipinski definition) is 10. The average molecular weight is 947 g/mol. The summed E-state index contributed by atoms with van der Waals surface area (Å²) < 4.78 is 0. The van der Waals surface area contributed by atoms with E-state index < -0.39 is 0 Å². The zero-order valence-corrected chi connectivity index (χ0v) is 39.1. The van der Waals surface area contributed by atoms with E-state index in [-0.39, 0.29) is 0 Å². The Kier molecular flexibility index (Phi) is 10.4. The molecular weight excluding hydrogens is 913 g/mol. The molecule has 0 fully saturated rings. The summed E-state index contributed by atoms with van der Waals surface area (Å²) in [7, 11) is 0. The van der Waals surface area contributed by atoms with E-state index in [1.54, 1.807) is 47.0 Å². The molecule has 2 aliphatic rings. The highest BCUT2D eigenvalue weighted by molar-refractivity contribution is 8.00. The summed E-state index contributed by atoms with van der Waals surface area (Å²) >= 11 is 6.82.